The zero-order valence-corrected chi connectivity index (χ0v) is 30.6. The van der Waals surface area contributed by atoms with Crippen LogP contribution in [0.25, 0.3) is 0 Å². The van der Waals surface area contributed by atoms with Crippen LogP contribution in [0.3, 0.4) is 0 Å². The van der Waals surface area contributed by atoms with Gasteiger partial charge in [0.05, 0.1) is 21.0 Å². The molecule has 13 heteroatoms. The zero-order chi connectivity index (χ0) is 36.5. The molecule has 0 radical (unpaired) electrons. The molecule has 270 valence electrons. The highest BCUT2D eigenvalue weighted by molar-refractivity contribution is 8.10. The maximum absolute atomic E-state index is 14.3. The van der Waals surface area contributed by atoms with E-state index in [1.807, 2.05) is 0 Å². The number of sulfonamides is 2. The second-order valence-corrected chi connectivity index (χ2v) is 18.4. The Hall–Kier alpha value is -4.72. The fourth-order valence-corrected chi connectivity index (χ4v) is 11.5. The molecular weight excluding hydrogens is 723 g/mol. The molecule has 1 atom stereocenters. The van der Waals surface area contributed by atoms with Gasteiger partial charge in [0.25, 0.3) is 20.0 Å². The summed E-state index contributed by atoms with van der Waals surface area (Å²) < 4.78 is 97.0. The first-order valence-corrected chi connectivity index (χ1v) is 21.5. The predicted octanol–water partition coefficient (Wildman–Crippen LogP) is 7.19. The van der Waals surface area contributed by atoms with Crippen LogP contribution in [0.15, 0.2) is 139 Å². The van der Waals surface area contributed by atoms with Gasteiger partial charge in [0.1, 0.15) is 10.7 Å². The van der Waals surface area contributed by atoms with Crippen LogP contribution in [0.2, 0.25) is 0 Å². The minimum Gasteiger partial charge on any atom is -0.427 e. The minimum absolute atomic E-state index is 0.0156. The van der Waals surface area contributed by atoms with E-state index in [4.69, 9.17) is 8.60 Å². The van der Waals surface area contributed by atoms with Crippen molar-refractivity contribution in [2.75, 3.05) is 3.71 Å². The summed E-state index contributed by atoms with van der Waals surface area (Å²) in [6.07, 6.45) is 5.59. The molecule has 10 nitrogen and oxygen atoms in total. The molecule has 1 fully saturated rings. The van der Waals surface area contributed by atoms with Crippen molar-refractivity contribution in [2.45, 2.75) is 72.0 Å². The molecule has 1 unspecified atom stereocenters. The van der Waals surface area contributed by atoms with Gasteiger partial charge in [-0.1, -0.05) is 79.6 Å². The van der Waals surface area contributed by atoms with Crippen molar-refractivity contribution in [1.82, 2.24) is 0 Å². The average molecular weight is 760 g/mol. The van der Waals surface area contributed by atoms with Gasteiger partial charge < -0.3 is 8.60 Å². The third-order valence-electron chi connectivity index (χ3n) is 9.46. The molecule has 1 aromatic heterocycles. The van der Waals surface area contributed by atoms with Crippen LogP contribution in [0.5, 0.6) is 5.75 Å². The molecular formula is C39H37NO9S3. The summed E-state index contributed by atoms with van der Waals surface area (Å²) in [6.45, 7) is 0. The molecule has 52 heavy (non-hydrogen) atoms. The van der Waals surface area contributed by atoms with E-state index in [-0.39, 0.29) is 37.6 Å². The van der Waals surface area contributed by atoms with Gasteiger partial charge in [0.2, 0.25) is 0 Å². The van der Waals surface area contributed by atoms with Gasteiger partial charge in [-0.3, -0.25) is 0 Å². The lowest BCUT2D eigenvalue weighted by molar-refractivity contribution is 0.399. The highest BCUT2D eigenvalue weighted by atomic mass is 32.3. The van der Waals surface area contributed by atoms with Crippen molar-refractivity contribution in [3.05, 3.63) is 148 Å². The fraction of sp³-hybridized carbons (Fsp3) is 0.256. The number of hydrogen-bond donors (Lipinski definition) is 0. The van der Waals surface area contributed by atoms with Crippen LogP contribution in [0.1, 0.15) is 66.9 Å². The highest BCUT2D eigenvalue weighted by Crippen LogP contribution is 2.50. The quantitative estimate of drug-likeness (QED) is 0.128. The first-order valence-electron chi connectivity index (χ1n) is 17.2. The summed E-state index contributed by atoms with van der Waals surface area (Å²) in [4.78, 5) is 13.6. The SMILES string of the molecule is O=c1oc2c(c(OS(=O)(=O)c3ccccc3)c1C(c1cccc(N(S(=O)(=O)c3ccccc3)S(=O)(=O)c3ccccc3)c1)C1CC1)CCCCCC2. The van der Waals surface area contributed by atoms with Crippen molar-refractivity contribution in [3.8, 4) is 5.75 Å². The molecule has 2 aliphatic rings. The third-order valence-corrected chi connectivity index (χ3v) is 14.9. The Kier molecular flexibility index (Phi) is 9.85. The van der Waals surface area contributed by atoms with Crippen molar-refractivity contribution in [2.24, 2.45) is 5.92 Å². The second-order valence-electron chi connectivity index (χ2n) is 13.0. The van der Waals surface area contributed by atoms with Crippen molar-refractivity contribution in [3.63, 3.8) is 0 Å². The maximum atomic E-state index is 14.3. The van der Waals surface area contributed by atoms with E-state index >= 15 is 0 Å². The van der Waals surface area contributed by atoms with E-state index in [0.29, 0.717) is 46.3 Å². The predicted molar refractivity (Wildman–Crippen MR) is 196 cm³/mol. The average Bonchev–Trinajstić information content (AvgIpc) is 3.97. The number of nitrogens with zero attached hydrogens (tertiary/aromatic N) is 1. The Morgan fingerprint density at radius 1 is 0.635 bits per heavy atom. The monoisotopic (exact) mass is 759 g/mol. The first-order chi connectivity index (χ1) is 25.0. The highest BCUT2D eigenvalue weighted by Gasteiger charge is 2.42. The molecule has 5 aromatic rings. The van der Waals surface area contributed by atoms with E-state index in [2.05, 4.69) is 0 Å². The standard InChI is InChI=1S/C39H37NO9S3/c41-39-37(38(34-23-12-1-2-13-24-35(34)48-39)49-52(46,47)33-21-10-5-11-22-33)36(28-25-26-28)29-15-14-16-30(27-29)40(50(42,43)31-17-6-3-7-18-31)51(44,45)32-19-8-4-9-20-32/h3-11,14-22,27-28,36H,1-2,12-13,23-26H2. The lowest BCUT2D eigenvalue weighted by Crippen LogP contribution is -2.37. The Morgan fingerprint density at radius 3 is 1.73 bits per heavy atom. The van der Waals surface area contributed by atoms with Gasteiger partial charge in [0, 0.05) is 17.9 Å². The van der Waals surface area contributed by atoms with Gasteiger partial charge >= 0.3 is 15.7 Å². The van der Waals surface area contributed by atoms with Gasteiger partial charge in [-0.2, -0.15) is 12.1 Å². The maximum Gasteiger partial charge on any atom is 0.343 e. The molecule has 4 aromatic carbocycles. The Labute approximate surface area is 303 Å². The van der Waals surface area contributed by atoms with Gasteiger partial charge in [-0.15, -0.1) is 0 Å². The number of hydrogen-bond acceptors (Lipinski definition) is 9. The van der Waals surface area contributed by atoms with Gasteiger partial charge in [-0.05, 0) is 92.1 Å². The molecule has 2 aliphatic carbocycles. The normalized spacial score (nSPS) is 15.8. The van der Waals surface area contributed by atoms with Crippen molar-refractivity contribution >= 4 is 35.9 Å². The Balaban J connectivity index is 1.43. The van der Waals surface area contributed by atoms with Crippen LogP contribution in [0.4, 0.5) is 5.69 Å². The topological polar surface area (TPSA) is 145 Å². The Morgan fingerprint density at radius 2 is 1.17 bits per heavy atom. The minimum atomic E-state index is -4.70. The molecule has 1 heterocycles. The summed E-state index contributed by atoms with van der Waals surface area (Å²) in [5.41, 5.74) is 0.0328. The van der Waals surface area contributed by atoms with E-state index in [0.717, 1.165) is 25.7 Å². The molecule has 7 rings (SSSR count). The number of aryl methyl sites for hydroxylation is 1. The van der Waals surface area contributed by atoms with Crippen LogP contribution >= 0.6 is 0 Å². The van der Waals surface area contributed by atoms with Gasteiger partial charge in [0.15, 0.2) is 5.75 Å². The lowest BCUT2D eigenvalue weighted by Gasteiger charge is -2.27. The lowest BCUT2D eigenvalue weighted by atomic mass is 9.85. The number of fused-ring (bicyclic) bond motifs is 1. The van der Waals surface area contributed by atoms with Crippen molar-refractivity contribution < 1.29 is 33.9 Å². The molecule has 0 N–H and O–H groups in total. The number of anilines is 1. The van der Waals surface area contributed by atoms with Crippen LogP contribution in [-0.4, -0.2) is 25.3 Å². The summed E-state index contributed by atoms with van der Waals surface area (Å²) >= 11 is 0. The van der Waals surface area contributed by atoms with Crippen LogP contribution < -0.4 is 13.5 Å². The molecule has 0 bridgehead atoms. The van der Waals surface area contributed by atoms with Gasteiger partial charge in [-0.25, -0.2) is 21.6 Å². The first kappa shape index (κ1) is 35.7. The van der Waals surface area contributed by atoms with E-state index in [9.17, 15) is 30.0 Å². The Bertz CT molecular complexity index is 2400. The van der Waals surface area contributed by atoms with E-state index in [1.165, 1.54) is 78.9 Å². The smallest absolute Gasteiger partial charge is 0.343 e. The second kappa shape index (κ2) is 14.4. The molecule has 0 spiro atoms. The van der Waals surface area contributed by atoms with Crippen LogP contribution in [0, 0.1) is 5.92 Å². The third kappa shape index (κ3) is 7.04. The largest absolute Gasteiger partial charge is 0.427 e. The number of rotatable bonds is 11. The molecule has 0 amide bonds. The molecule has 0 saturated heterocycles. The van der Waals surface area contributed by atoms with Crippen LogP contribution in [-0.2, 0) is 43.0 Å². The van der Waals surface area contributed by atoms with E-state index in [1.54, 1.807) is 36.4 Å². The summed E-state index contributed by atoms with van der Waals surface area (Å²) in [5, 5.41) is 0. The van der Waals surface area contributed by atoms with Crippen molar-refractivity contribution in [1.29, 1.82) is 0 Å². The fourth-order valence-electron chi connectivity index (χ4n) is 6.83. The summed E-state index contributed by atoms with van der Waals surface area (Å²) in [6, 6.07) is 28.3. The molecule has 1 saturated carbocycles. The number of benzene rings is 4. The van der Waals surface area contributed by atoms with E-state index < -0.39 is 41.7 Å². The summed E-state index contributed by atoms with van der Waals surface area (Å²) in [5.74, 6) is -0.626. The zero-order valence-electron chi connectivity index (χ0n) is 28.1. The molecule has 0 aliphatic heterocycles. The summed E-state index contributed by atoms with van der Waals surface area (Å²) in [7, 11) is -13.8.